The maximum atomic E-state index is 13.0. The number of carbonyl (C=O) groups excluding carboxylic acids is 2. The predicted octanol–water partition coefficient (Wildman–Crippen LogP) is 5.56. The van der Waals surface area contributed by atoms with E-state index in [-0.39, 0.29) is 36.2 Å². The fourth-order valence-corrected chi connectivity index (χ4v) is 5.30. The first-order chi connectivity index (χ1) is 14.6. The third-order valence-electron chi connectivity index (χ3n) is 5.22. The molecule has 10 heteroatoms. The van der Waals surface area contributed by atoms with E-state index in [4.69, 9.17) is 0 Å². The van der Waals surface area contributed by atoms with Crippen LogP contribution in [0.3, 0.4) is 0 Å². The van der Waals surface area contributed by atoms with Gasteiger partial charge in [-0.3, -0.25) is 4.79 Å². The third-order valence-corrected chi connectivity index (χ3v) is 7.27. The molecule has 3 atom stereocenters. The van der Waals surface area contributed by atoms with Gasteiger partial charge in [0.15, 0.2) is 15.9 Å². The van der Waals surface area contributed by atoms with E-state index in [1.807, 2.05) is 6.08 Å². The number of Topliss-reactive ketones (excluding diaryl/α,β-unsaturated/α-hetero) is 1. The third kappa shape index (κ3) is 8.08. The highest BCUT2D eigenvalue weighted by Crippen LogP contribution is 2.35. The highest BCUT2D eigenvalue weighted by Gasteiger charge is 2.32. The number of allylic oxidation sites excluding steroid dienone is 2. The van der Waals surface area contributed by atoms with Crippen LogP contribution in [0.4, 0.5) is 13.2 Å². The lowest BCUT2D eigenvalue weighted by molar-refractivity contribution is -0.121. The van der Waals surface area contributed by atoms with Crippen molar-refractivity contribution in [2.24, 2.45) is 11.8 Å². The molecule has 0 saturated heterocycles. The van der Waals surface area contributed by atoms with Gasteiger partial charge in [-0.1, -0.05) is 23.9 Å². The number of nitrogens with zero attached hydrogens (tertiary/aromatic N) is 1. The summed E-state index contributed by atoms with van der Waals surface area (Å²) < 4.78 is 42.6. The van der Waals surface area contributed by atoms with Crippen LogP contribution in [0.2, 0.25) is 0 Å². The van der Waals surface area contributed by atoms with Crippen molar-refractivity contribution in [2.45, 2.75) is 55.4 Å². The molecule has 0 spiro atoms. The Kier molecular flexibility index (Phi) is 9.77. The molecule has 2 rings (SSSR count). The Hall–Kier alpha value is -1.65. The Morgan fingerprint density at radius 3 is 2.87 bits per heavy atom. The lowest BCUT2D eigenvalue weighted by atomic mass is 9.90. The molecule has 1 N–H and O–H groups in total. The van der Waals surface area contributed by atoms with Gasteiger partial charge in [0.25, 0.3) is 0 Å². The fourth-order valence-electron chi connectivity index (χ4n) is 3.41. The first-order valence-electron chi connectivity index (χ1n) is 9.91. The summed E-state index contributed by atoms with van der Waals surface area (Å²) in [5, 5.41) is 11.9. The van der Waals surface area contributed by atoms with Gasteiger partial charge in [0.2, 0.25) is 0 Å². The summed E-state index contributed by atoms with van der Waals surface area (Å²) in [6.45, 7) is 1.48. The minimum absolute atomic E-state index is 0.0470. The Morgan fingerprint density at radius 1 is 1.45 bits per heavy atom. The summed E-state index contributed by atoms with van der Waals surface area (Å²) in [7, 11) is 1.30. The Morgan fingerprint density at radius 2 is 2.19 bits per heavy atom. The average Bonchev–Trinajstić information content (AvgIpc) is 3.33. The molecule has 5 nitrogen and oxygen atoms in total. The van der Waals surface area contributed by atoms with Gasteiger partial charge in [-0.05, 0) is 38.5 Å². The van der Waals surface area contributed by atoms with Gasteiger partial charge >= 0.3 is 12.0 Å². The van der Waals surface area contributed by atoms with Gasteiger partial charge in [0.05, 0.1) is 12.7 Å². The number of aromatic nitrogens is 1. The zero-order valence-electron chi connectivity index (χ0n) is 17.4. The van der Waals surface area contributed by atoms with Crippen LogP contribution in [0, 0.1) is 11.8 Å². The Balaban J connectivity index is 1.83. The SMILES string of the molecule is COC(=O)c1csc(SCC[C@H]2C(=O)CC[C@@H]2/C=C/C[C@@](C)(O)CCC(F)=C(F)F)n1. The van der Waals surface area contributed by atoms with E-state index < -0.39 is 29.9 Å². The van der Waals surface area contributed by atoms with Crippen LogP contribution in [0.1, 0.15) is 55.9 Å². The lowest BCUT2D eigenvalue weighted by Crippen LogP contribution is -2.23. The summed E-state index contributed by atoms with van der Waals surface area (Å²) in [4.78, 5) is 27.9. The maximum Gasteiger partial charge on any atom is 0.357 e. The number of hydrogen-bond donors (Lipinski definition) is 1. The van der Waals surface area contributed by atoms with E-state index in [0.717, 1.165) is 10.8 Å². The number of halogens is 3. The molecule has 0 aliphatic heterocycles. The van der Waals surface area contributed by atoms with Crippen LogP contribution in [-0.4, -0.2) is 40.3 Å². The summed E-state index contributed by atoms with van der Waals surface area (Å²) in [5.74, 6) is -1.19. The minimum Gasteiger partial charge on any atom is -0.464 e. The molecule has 0 bridgehead atoms. The highest BCUT2D eigenvalue weighted by molar-refractivity contribution is 8.01. The zero-order chi connectivity index (χ0) is 23.0. The molecule has 1 aromatic heterocycles. The molecule has 0 amide bonds. The monoisotopic (exact) mass is 477 g/mol. The van der Waals surface area contributed by atoms with E-state index in [9.17, 15) is 27.9 Å². The number of thioether (sulfide) groups is 1. The van der Waals surface area contributed by atoms with Crippen LogP contribution >= 0.6 is 23.1 Å². The molecule has 1 aliphatic carbocycles. The van der Waals surface area contributed by atoms with E-state index >= 15 is 0 Å². The second-order valence-corrected chi connectivity index (χ2v) is 9.90. The van der Waals surface area contributed by atoms with Crippen molar-refractivity contribution in [3.05, 3.63) is 35.1 Å². The first-order valence-corrected chi connectivity index (χ1v) is 11.8. The van der Waals surface area contributed by atoms with Crippen LogP contribution in [0.25, 0.3) is 0 Å². The number of aliphatic hydroxyl groups is 1. The first kappa shape index (κ1) is 25.6. The zero-order valence-corrected chi connectivity index (χ0v) is 19.0. The normalized spacial score (nSPS) is 20.8. The molecule has 0 radical (unpaired) electrons. The molecular formula is C21H26F3NO4S2. The molecule has 31 heavy (non-hydrogen) atoms. The summed E-state index contributed by atoms with van der Waals surface area (Å²) in [6, 6.07) is 0. The molecule has 1 saturated carbocycles. The number of carbonyl (C=O) groups is 2. The molecule has 1 aliphatic rings. The molecule has 0 unspecified atom stereocenters. The number of esters is 1. The molecule has 1 aromatic rings. The van der Waals surface area contributed by atoms with Crippen molar-refractivity contribution in [2.75, 3.05) is 12.9 Å². The second-order valence-electron chi connectivity index (χ2n) is 7.70. The van der Waals surface area contributed by atoms with Crippen LogP contribution in [-0.2, 0) is 9.53 Å². The Bertz CT molecular complexity index is 834. The molecule has 1 heterocycles. The van der Waals surface area contributed by atoms with Gasteiger partial charge in [-0.15, -0.1) is 11.3 Å². The van der Waals surface area contributed by atoms with Crippen molar-refractivity contribution in [1.29, 1.82) is 0 Å². The average molecular weight is 478 g/mol. The number of ether oxygens (including phenoxy) is 1. The van der Waals surface area contributed by atoms with Gasteiger partial charge in [0.1, 0.15) is 5.78 Å². The highest BCUT2D eigenvalue weighted by atomic mass is 32.2. The van der Waals surface area contributed by atoms with Crippen molar-refractivity contribution in [3.63, 3.8) is 0 Å². The fraction of sp³-hybridized carbons (Fsp3) is 0.571. The topological polar surface area (TPSA) is 76.5 Å². The molecule has 0 aromatic carbocycles. The summed E-state index contributed by atoms with van der Waals surface area (Å²) in [6.07, 6.45) is 2.73. The quantitative estimate of drug-likeness (QED) is 0.255. The standard InChI is InChI=1S/C21H26F3NO4S2/c1-21(28,10-7-15(22)18(23)24)9-3-4-13-5-6-17(26)14(13)8-11-30-20-25-16(12-31-20)19(27)29-2/h3-4,12-14,28H,5-11H2,1-2H3/b4-3+/t13-,14+,21+/m0/s1. The van der Waals surface area contributed by atoms with Gasteiger partial charge in [0, 0.05) is 29.9 Å². The molecule has 172 valence electrons. The van der Waals surface area contributed by atoms with Crippen LogP contribution < -0.4 is 0 Å². The Labute approximate surface area is 187 Å². The van der Waals surface area contributed by atoms with Gasteiger partial charge in [-0.25, -0.2) is 14.2 Å². The van der Waals surface area contributed by atoms with Gasteiger partial charge < -0.3 is 9.84 Å². The van der Waals surface area contributed by atoms with Gasteiger partial charge in [-0.2, -0.15) is 8.78 Å². The van der Waals surface area contributed by atoms with Crippen molar-refractivity contribution in [3.8, 4) is 0 Å². The van der Waals surface area contributed by atoms with E-state index in [2.05, 4.69) is 9.72 Å². The van der Waals surface area contributed by atoms with Crippen LogP contribution in [0.5, 0.6) is 0 Å². The molecule has 1 fully saturated rings. The summed E-state index contributed by atoms with van der Waals surface area (Å²) >= 11 is 2.83. The van der Waals surface area contributed by atoms with Crippen molar-refractivity contribution < 1.29 is 32.6 Å². The van der Waals surface area contributed by atoms with E-state index in [0.29, 0.717) is 18.6 Å². The second kappa shape index (κ2) is 11.8. The van der Waals surface area contributed by atoms with E-state index in [1.54, 1.807) is 11.5 Å². The lowest BCUT2D eigenvalue weighted by Gasteiger charge is -2.21. The number of hydrogen-bond acceptors (Lipinski definition) is 7. The van der Waals surface area contributed by atoms with E-state index in [1.165, 1.54) is 37.1 Å². The number of methoxy groups -OCH3 is 1. The smallest absolute Gasteiger partial charge is 0.357 e. The predicted molar refractivity (Wildman–Crippen MR) is 114 cm³/mol. The summed E-state index contributed by atoms with van der Waals surface area (Å²) in [5.41, 5.74) is -1.04. The number of ketones is 1. The maximum absolute atomic E-state index is 13.0. The number of rotatable bonds is 11. The largest absolute Gasteiger partial charge is 0.464 e. The van der Waals surface area contributed by atoms with Crippen molar-refractivity contribution >= 4 is 34.9 Å². The van der Waals surface area contributed by atoms with Crippen molar-refractivity contribution in [1.82, 2.24) is 4.98 Å². The molecular weight excluding hydrogens is 451 g/mol. The number of thiazole rings is 1. The minimum atomic E-state index is -2.35. The van der Waals surface area contributed by atoms with Crippen LogP contribution in [0.15, 0.2) is 33.8 Å².